The molecule has 1 heterocycles. The van der Waals surface area contributed by atoms with Crippen molar-refractivity contribution in [1.82, 2.24) is 14.9 Å². The maximum atomic E-state index is 13.3. The van der Waals surface area contributed by atoms with E-state index in [1.54, 1.807) is 11.0 Å². The number of carbonyl (C=O) groups is 1. The number of hydrogen-bond donors (Lipinski definition) is 1. The Bertz CT molecular complexity index is 959. The minimum absolute atomic E-state index is 0.0146. The number of carbonyl (C=O) groups excluding carboxylic acids is 1. The normalized spacial score (nSPS) is 14.4. The van der Waals surface area contributed by atoms with Gasteiger partial charge in [-0.25, -0.2) is 4.98 Å². The van der Waals surface area contributed by atoms with Gasteiger partial charge in [0.1, 0.15) is 5.82 Å². The van der Waals surface area contributed by atoms with Crippen LogP contribution in [-0.4, -0.2) is 26.8 Å². The Balaban J connectivity index is 1.47. The third kappa shape index (κ3) is 4.03. The summed E-state index contributed by atoms with van der Waals surface area (Å²) >= 11 is 0. The van der Waals surface area contributed by atoms with E-state index < -0.39 is 11.7 Å². The molecule has 4 rings (SSSR count). The Morgan fingerprint density at radius 3 is 2.54 bits per heavy atom. The van der Waals surface area contributed by atoms with Crippen molar-refractivity contribution in [2.75, 3.05) is 0 Å². The monoisotopic (exact) mass is 387 g/mol. The molecule has 0 atom stereocenters. The van der Waals surface area contributed by atoms with Crippen LogP contribution in [0.2, 0.25) is 0 Å². The summed E-state index contributed by atoms with van der Waals surface area (Å²) in [4.78, 5) is 22.0. The number of fused-ring (bicyclic) bond motifs is 1. The molecule has 0 aliphatic heterocycles. The fraction of sp³-hybridized carbons (Fsp3) is 0.333. The molecule has 0 saturated heterocycles. The van der Waals surface area contributed by atoms with E-state index in [9.17, 15) is 18.0 Å². The van der Waals surface area contributed by atoms with Crippen molar-refractivity contribution in [3.8, 4) is 0 Å². The summed E-state index contributed by atoms with van der Waals surface area (Å²) in [6, 6.07) is 13.1. The smallest absolute Gasteiger partial charge is 0.342 e. The summed E-state index contributed by atoms with van der Waals surface area (Å²) in [5.41, 5.74) is 1.20. The fourth-order valence-corrected chi connectivity index (χ4v) is 3.42. The lowest BCUT2D eigenvalue weighted by Gasteiger charge is -2.24. The summed E-state index contributed by atoms with van der Waals surface area (Å²) in [5, 5.41) is 0. The van der Waals surface area contributed by atoms with E-state index in [4.69, 9.17) is 0 Å². The Morgan fingerprint density at radius 1 is 1.11 bits per heavy atom. The van der Waals surface area contributed by atoms with Crippen LogP contribution in [0, 0.1) is 0 Å². The number of alkyl halides is 3. The SMILES string of the molecule is O=C(CCc1nc2ccccc2[nH]1)N(Cc1ccccc1C(F)(F)F)C1CC1. The maximum Gasteiger partial charge on any atom is 0.416 e. The number of nitrogens with zero attached hydrogens (tertiary/aromatic N) is 2. The van der Waals surface area contributed by atoms with Crippen molar-refractivity contribution in [3.05, 3.63) is 65.5 Å². The van der Waals surface area contributed by atoms with E-state index >= 15 is 0 Å². The Hall–Kier alpha value is -2.83. The molecule has 1 aliphatic carbocycles. The molecule has 1 saturated carbocycles. The highest BCUT2D eigenvalue weighted by Crippen LogP contribution is 2.35. The van der Waals surface area contributed by atoms with Gasteiger partial charge in [-0.3, -0.25) is 4.79 Å². The van der Waals surface area contributed by atoms with Crippen LogP contribution in [0.3, 0.4) is 0 Å². The van der Waals surface area contributed by atoms with Gasteiger partial charge in [-0.15, -0.1) is 0 Å². The van der Waals surface area contributed by atoms with Crippen LogP contribution in [-0.2, 0) is 23.9 Å². The van der Waals surface area contributed by atoms with E-state index in [0.29, 0.717) is 12.2 Å². The van der Waals surface area contributed by atoms with Crippen molar-refractivity contribution in [2.24, 2.45) is 0 Å². The highest BCUT2D eigenvalue weighted by Gasteiger charge is 2.36. The lowest BCUT2D eigenvalue weighted by Crippen LogP contribution is -2.33. The predicted molar refractivity (Wildman–Crippen MR) is 99.4 cm³/mol. The number of aryl methyl sites for hydroxylation is 1. The van der Waals surface area contributed by atoms with Gasteiger partial charge in [-0.05, 0) is 36.6 Å². The summed E-state index contributed by atoms with van der Waals surface area (Å²) in [6.07, 6.45) is -2.11. The minimum Gasteiger partial charge on any atom is -0.342 e. The van der Waals surface area contributed by atoms with Gasteiger partial charge < -0.3 is 9.88 Å². The summed E-state index contributed by atoms with van der Waals surface area (Å²) in [6.45, 7) is -0.0146. The molecule has 1 N–H and O–H groups in total. The van der Waals surface area contributed by atoms with Crippen LogP contribution in [0.5, 0.6) is 0 Å². The molecular formula is C21H20F3N3O. The van der Waals surface area contributed by atoms with Gasteiger partial charge in [0.05, 0.1) is 16.6 Å². The van der Waals surface area contributed by atoms with E-state index in [0.717, 1.165) is 29.9 Å². The Morgan fingerprint density at radius 2 is 1.82 bits per heavy atom. The van der Waals surface area contributed by atoms with Gasteiger partial charge in [0.15, 0.2) is 0 Å². The molecule has 1 fully saturated rings. The third-order valence-corrected chi connectivity index (χ3v) is 4.99. The quantitative estimate of drug-likeness (QED) is 0.666. The average Bonchev–Trinajstić information content (AvgIpc) is 3.42. The van der Waals surface area contributed by atoms with E-state index in [1.807, 2.05) is 24.3 Å². The highest BCUT2D eigenvalue weighted by molar-refractivity contribution is 5.78. The molecule has 0 spiro atoms. The third-order valence-electron chi connectivity index (χ3n) is 4.99. The number of aromatic nitrogens is 2. The fourth-order valence-electron chi connectivity index (χ4n) is 3.42. The first-order valence-corrected chi connectivity index (χ1v) is 9.30. The van der Waals surface area contributed by atoms with Gasteiger partial charge in [-0.1, -0.05) is 30.3 Å². The Labute approximate surface area is 160 Å². The molecule has 1 aromatic heterocycles. The summed E-state index contributed by atoms with van der Waals surface area (Å²) < 4.78 is 39.8. The van der Waals surface area contributed by atoms with Gasteiger partial charge in [0.2, 0.25) is 5.91 Å². The molecule has 146 valence electrons. The molecular weight excluding hydrogens is 367 g/mol. The number of amides is 1. The number of hydrogen-bond acceptors (Lipinski definition) is 2. The lowest BCUT2D eigenvalue weighted by molar-refractivity contribution is -0.140. The molecule has 1 amide bonds. The second-order valence-corrected chi connectivity index (χ2v) is 7.11. The molecule has 28 heavy (non-hydrogen) atoms. The number of H-pyrrole nitrogens is 1. The predicted octanol–water partition coefficient (Wildman–Crippen LogP) is 4.71. The van der Waals surface area contributed by atoms with Gasteiger partial charge in [0, 0.05) is 25.4 Å². The minimum atomic E-state index is -4.43. The van der Waals surface area contributed by atoms with Crippen LogP contribution in [0.1, 0.15) is 36.2 Å². The highest BCUT2D eigenvalue weighted by atomic mass is 19.4. The first-order chi connectivity index (χ1) is 13.4. The van der Waals surface area contributed by atoms with Crippen molar-refractivity contribution in [3.63, 3.8) is 0 Å². The number of aromatic amines is 1. The van der Waals surface area contributed by atoms with E-state index in [2.05, 4.69) is 9.97 Å². The Kier molecular flexibility index (Phi) is 4.83. The van der Waals surface area contributed by atoms with Crippen LogP contribution in [0.15, 0.2) is 48.5 Å². The largest absolute Gasteiger partial charge is 0.416 e. The number of nitrogens with one attached hydrogen (secondary N) is 1. The molecule has 7 heteroatoms. The van der Waals surface area contributed by atoms with E-state index in [-0.39, 0.29) is 30.5 Å². The first kappa shape index (κ1) is 18.5. The van der Waals surface area contributed by atoms with E-state index in [1.165, 1.54) is 12.1 Å². The second-order valence-electron chi connectivity index (χ2n) is 7.11. The molecule has 1 aliphatic rings. The zero-order chi connectivity index (χ0) is 19.7. The molecule has 2 aromatic carbocycles. The van der Waals surface area contributed by atoms with Crippen molar-refractivity contribution >= 4 is 16.9 Å². The van der Waals surface area contributed by atoms with Gasteiger partial charge in [0.25, 0.3) is 0 Å². The van der Waals surface area contributed by atoms with Crippen LogP contribution in [0.4, 0.5) is 13.2 Å². The molecule has 0 radical (unpaired) electrons. The standard InChI is InChI=1S/C21H20F3N3O/c22-21(23,24)16-6-2-1-5-14(16)13-27(15-9-10-15)20(28)12-11-19-25-17-7-3-4-8-18(17)26-19/h1-8,15H,9-13H2,(H,25,26). The first-order valence-electron chi connectivity index (χ1n) is 9.30. The number of rotatable bonds is 6. The number of halogens is 3. The second kappa shape index (κ2) is 7.30. The number of benzene rings is 2. The molecule has 3 aromatic rings. The lowest BCUT2D eigenvalue weighted by atomic mass is 10.1. The van der Waals surface area contributed by atoms with Crippen molar-refractivity contribution < 1.29 is 18.0 Å². The van der Waals surface area contributed by atoms with Crippen molar-refractivity contribution in [1.29, 1.82) is 0 Å². The number of para-hydroxylation sites is 2. The molecule has 4 nitrogen and oxygen atoms in total. The van der Waals surface area contributed by atoms with Crippen LogP contribution >= 0.6 is 0 Å². The van der Waals surface area contributed by atoms with Gasteiger partial charge >= 0.3 is 6.18 Å². The summed E-state index contributed by atoms with van der Waals surface area (Å²) in [7, 11) is 0. The zero-order valence-corrected chi connectivity index (χ0v) is 15.2. The van der Waals surface area contributed by atoms with Gasteiger partial charge in [-0.2, -0.15) is 13.2 Å². The molecule has 0 unspecified atom stereocenters. The van der Waals surface area contributed by atoms with Crippen LogP contribution < -0.4 is 0 Å². The maximum absolute atomic E-state index is 13.3. The topological polar surface area (TPSA) is 49.0 Å². The average molecular weight is 387 g/mol. The zero-order valence-electron chi connectivity index (χ0n) is 15.2. The molecule has 0 bridgehead atoms. The van der Waals surface area contributed by atoms with Crippen molar-refractivity contribution in [2.45, 2.75) is 44.4 Å². The van der Waals surface area contributed by atoms with Crippen LogP contribution in [0.25, 0.3) is 11.0 Å². The summed E-state index contributed by atoms with van der Waals surface area (Å²) in [5.74, 6) is 0.570. The number of imidazole rings is 1.